The molecule has 486 valence electrons. The second kappa shape index (κ2) is 71.8. The van der Waals surface area contributed by atoms with E-state index in [4.69, 9.17) is 4.74 Å². The minimum Gasteiger partial charge on any atom is -0.466 e. The summed E-state index contributed by atoms with van der Waals surface area (Å²) >= 11 is 0. The summed E-state index contributed by atoms with van der Waals surface area (Å²) in [4.78, 5) is 24.6. The predicted octanol–water partition coefficient (Wildman–Crippen LogP) is 24.5. The lowest BCUT2D eigenvalue weighted by Gasteiger charge is -2.22. The van der Waals surface area contributed by atoms with Gasteiger partial charge >= 0.3 is 5.97 Å². The molecular formula is C76H147NO5. The molecule has 0 heterocycles. The minimum atomic E-state index is -0.668. The van der Waals surface area contributed by atoms with Gasteiger partial charge in [-0.2, -0.15) is 0 Å². The number of amides is 1. The van der Waals surface area contributed by atoms with Gasteiger partial charge in [-0.1, -0.05) is 378 Å². The number of rotatable bonds is 71. The highest BCUT2D eigenvalue weighted by Crippen LogP contribution is 2.19. The summed E-state index contributed by atoms with van der Waals surface area (Å²) in [7, 11) is 0. The lowest BCUT2D eigenvalue weighted by molar-refractivity contribution is -0.143. The zero-order valence-corrected chi connectivity index (χ0v) is 55.8. The summed E-state index contributed by atoms with van der Waals surface area (Å²) in [5.41, 5.74) is 0. The summed E-state index contributed by atoms with van der Waals surface area (Å²) in [6.07, 6.45) is 91.0. The van der Waals surface area contributed by atoms with Gasteiger partial charge in [0.15, 0.2) is 0 Å². The molecule has 2 atom stereocenters. The number of esters is 1. The number of ether oxygens (including phenoxy) is 1. The molecule has 82 heavy (non-hydrogen) atoms. The van der Waals surface area contributed by atoms with Gasteiger partial charge in [-0.05, 0) is 57.8 Å². The quantitative estimate of drug-likeness (QED) is 0.0320. The molecule has 0 bridgehead atoms. The maximum absolute atomic E-state index is 12.6. The van der Waals surface area contributed by atoms with E-state index < -0.39 is 12.1 Å². The molecule has 6 nitrogen and oxygen atoms in total. The number of aliphatic hydroxyl groups is 2. The van der Waals surface area contributed by atoms with Crippen LogP contribution in [0.5, 0.6) is 0 Å². The normalized spacial score (nSPS) is 12.6. The molecule has 0 aliphatic heterocycles. The Labute approximate surface area is 513 Å². The number of nitrogens with one attached hydrogen (secondary N) is 1. The Morgan fingerprint density at radius 3 is 0.927 bits per heavy atom. The Kier molecular flexibility index (Phi) is 70.4. The van der Waals surface area contributed by atoms with Crippen LogP contribution in [0.1, 0.15) is 425 Å². The minimum absolute atomic E-state index is 0.0132. The number of allylic oxidation sites excluding steroid dienone is 4. The Hall–Kier alpha value is -1.66. The topological polar surface area (TPSA) is 95.9 Å². The van der Waals surface area contributed by atoms with Crippen LogP contribution in [-0.4, -0.2) is 47.4 Å². The first-order chi connectivity index (χ1) is 40.5. The predicted molar refractivity (Wildman–Crippen MR) is 361 cm³/mol. The fraction of sp³-hybridized carbons (Fsp3) is 0.921. The van der Waals surface area contributed by atoms with Crippen LogP contribution in [0.25, 0.3) is 0 Å². The Bertz CT molecular complexity index is 1280. The fourth-order valence-electron chi connectivity index (χ4n) is 12.0. The average Bonchev–Trinajstić information content (AvgIpc) is 3.48. The average molecular weight is 1160 g/mol. The molecule has 0 spiro atoms. The monoisotopic (exact) mass is 1150 g/mol. The van der Waals surface area contributed by atoms with Crippen LogP contribution in [0.15, 0.2) is 24.3 Å². The highest BCUT2D eigenvalue weighted by molar-refractivity contribution is 5.76. The summed E-state index contributed by atoms with van der Waals surface area (Å²) in [5.74, 6) is -0.0196. The van der Waals surface area contributed by atoms with Gasteiger partial charge in [-0.25, -0.2) is 0 Å². The first-order valence-electron chi connectivity index (χ1n) is 37.6. The van der Waals surface area contributed by atoms with Crippen LogP contribution < -0.4 is 5.32 Å². The Balaban J connectivity index is 3.41. The lowest BCUT2D eigenvalue weighted by Crippen LogP contribution is -2.45. The number of hydrogen-bond acceptors (Lipinski definition) is 5. The van der Waals surface area contributed by atoms with Gasteiger partial charge in [0.1, 0.15) is 0 Å². The SMILES string of the molecule is CCCCCCCCCCCCCCCCCCCCCCCCCCCC(O)C(CO)NC(=O)CCCCCCCCCCCCC/C=C\C/C=C\CCCCCCCCCCCOC(=O)CCCCCCCCCCCCCCC. The van der Waals surface area contributed by atoms with Crippen molar-refractivity contribution in [1.82, 2.24) is 5.32 Å². The van der Waals surface area contributed by atoms with Crippen LogP contribution in [0.3, 0.4) is 0 Å². The van der Waals surface area contributed by atoms with E-state index in [-0.39, 0.29) is 18.5 Å². The van der Waals surface area contributed by atoms with E-state index in [1.54, 1.807) is 0 Å². The van der Waals surface area contributed by atoms with E-state index in [0.717, 1.165) is 44.9 Å². The van der Waals surface area contributed by atoms with Crippen molar-refractivity contribution < 1.29 is 24.5 Å². The molecular weight excluding hydrogens is 1010 g/mol. The van der Waals surface area contributed by atoms with Crippen molar-refractivity contribution in [2.45, 2.75) is 437 Å². The van der Waals surface area contributed by atoms with Crippen molar-refractivity contribution in [3.8, 4) is 0 Å². The van der Waals surface area contributed by atoms with Crippen molar-refractivity contribution in [2.24, 2.45) is 0 Å². The summed E-state index contributed by atoms with van der Waals surface area (Å²) < 4.78 is 5.48. The summed E-state index contributed by atoms with van der Waals surface area (Å²) in [6.45, 7) is 4.99. The van der Waals surface area contributed by atoms with E-state index in [9.17, 15) is 19.8 Å². The number of carbonyl (C=O) groups excluding carboxylic acids is 2. The Morgan fingerprint density at radius 1 is 0.341 bits per heavy atom. The molecule has 0 radical (unpaired) electrons. The third-order valence-corrected chi connectivity index (χ3v) is 17.8. The van der Waals surface area contributed by atoms with E-state index in [2.05, 4.69) is 43.5 Å². The van der Waals surface area contributed by atoms with Crippen molar-refractivity contribution in [3.63, 3.8) is 0 Å². The largest absolute Gasteiger partial charge is 0.466 e. The van der Waals surface area contributed by atoms with Crippen molar-refractivity contribution in [2.75, 3.05) is 13.2 Å². The van der Waals surface area contributed by atoms with Crippen LogP contribution >= 0.6 is 0 Å². The van der Waals surface area contributed by atoms with E-state index in [0.29, 0.717) is 25.9 Å². The van der Waals surface area contributed by atoms with Crippen molar-refractivity contribution in [3.05, 3.63) is 24.3 Å². The highest BCUT2D eigenvalue weighted by atomic mass is 16.5. The van der Waals surface area contributed by atoms with Crippen molar-refractivity contribution in [1.29, 1.82) is 0 Å². The van der Waals surface area contributed by atoms with Gasteiger partial charge in [0, 0.05) is 12.8 Å². The molecule has 0 aromatic rings. The highest BCUT2D eigenvalue weighted by Gasteiger charge is 2.20. The van der Waals surface area contributed by atoms with Crippen LogP contribution in [-0.2, 0) is 14.3 Å². The van der Waals surface area contributed by atoms with Crippen LogP contribution in [0, 0.1) is 0 Å². The third kappa shape index (κ3) is 67.5. The number of carbonyl (C=O) groups is 2. The van der Waals surface area contributed by atoms with Crippen LogP contribution in [0.4, 0.5) is 0 Å². The molecule has 0 aliphatic rings. The molecule has 0 saturated heterocycles. The fourth-order valence-corrected chi connectivity index (χ4v) is 12.0. The molecule has 0 rings (SSSR count). The lowest BCUT2D eigenvalue weighted by atomic mass is 10.0. The summed E-state index contributed by atoms with van der Waals surface area (Å²) in [6, 6.07) is -0.545. The molecule has 3 N–H and O–H groups in total. The van der Waals surface area contributed by atoms with Gasteiger partial charge in [-0.15, -0.1) is 0 Å². The van der Waals surface area contributed by atoms with Crippen LogP contribution in [0.2, 0.25) is 0 Å². The number of hydrogen-bond donors (Lipinski definition) is 3. The van der Waals surface area contributed by atoms with Gasteiger partial charge < -0.3 is 20.3 Å². The molecule has 1 amide bonds. The molecule has 0 aliphatic carbocycles. The second-order valence-electron chi connectivity index (χ2n) is 26.0. The third-order valence-electron chi connectivity index (χ3n) is 17.8. The number of unbranched alkanes of at least 4 members (excludes halogenated alkanes) is 56. The maximum atomic E-state index is 12.6. The zero-order valence-electron chi connectivity index (χ0n) is 55.8. The molecule has 6 heteroatoms. The summed E-state index contributed by atoms with van der Waals surface area (Å²) in [5, 5.41) is 23.5. The smallest absolute Gasteiger partial charge is 0.305 e. The zero-order chi connectivity index (χ0) is 59.2. The van der Waals surface area contributed by atoms with E-state index in [1.807, 2.05) is 0 Å². The molecule has 0 saturated carbocycles. The second-order valence-corrected chi connectivity index (χ2v) is 26.0. The Morgan fingerprint density at radius 2 is 0.610 bits per heavy atom. The van der Waals surface area contributed by atoms with E-state index in [1.165, 1.54) is 347 Å². The molecule has 0 fully saturated rings. The van der Waals surface area contributed by atoms with Gasteiger partial charge in [-0.3, -0.25) is 9.59 Å². The van der Waals surface area contributed by atoms with Crippen molar-refractivity contribution >= 4 is 11.9 Å². The molecule has 0 aromatic heterocycles. The van der Waals surface area contributed by atoms with Gasteiger partial charge in [0.2, 0.25) is 5.91 Å². The first kappa shape index (κ1) is 80.3. The standard InChI is InChI=1S/C76H147NO5/c1-3-5-7-9-11-13-15-17-18-19-20-21-22-26-29-32-35-38-41-45-48-52-56-60-64-68-74(79)73(72-78)77-75(80)69-65-61-57-53-49-46-42-39-36-33-30-27-24-23-25-28-31-34-37-40-43-47-51-55-59-63-67-71-82-76(81)70-66-62-58-54-50-44-16-14-12-10-8-6-4-2/h23-24,28,31,73-74,78-79H,3-22,25-27,29-30,32-72H2,1-2H3,(H,77,80)/b24-23-,31-28-. The maximum Gasteiger partial charge on any atom is 0.305 e. The molecule has 0 aromatic carbocycles. The van der Waals surface area contributed by atoms with Gasteiger partial charge in [0.25, 0.3) is 0 Å². The first-order valence-corrected chi connectivity index (χ1v) is 37.6. The van der Waals surface area contributed by atoms with Gasteiger partial charge in [0.05, 0.1) is 25.4 Å². The van der Waals surface area contributed by atoms with E-state index >= 15 is 0 Å². The number of aliphatic hydroxyl groups excluding tert-OH is 2. The molecule has 2 unspecified atom stereocenters.